The van der Waals surface area contributed by atoms with Crippen molar-refractivity contribution >= 4 is 5.97 Å². The molecule has 1 aromatic rings. The predicted octanol–water partition coefficient (Wildman–Crippen LogP) is 1.66. The molecule has 1 N–H and O–H groups in total. The molecule has 1 aliphatic heterocycles. The molecule has 1 aliphatic rings. The highest BCUT2D eigenvalue weighted by molar-refractivity contribution is 5.68. The van der Waals surface area contributed by atoms with Crippen molar-refractivity contribution in [1.29, 1.82) is 0 Å². The Kier molecular flexibility index (Phi) is 6.26. The lowest BCUT2D eigenvalue weighted by molar-refractivity contribution is -0.275. The lowest BCUT2D eigenvalue weighted by Crippen LogP contribution is -2.27. The van der Waals surface area contributed by atoms with E-state index < -0.39 is 11.8 Å². The Morgan fingerprint density at radius 3 is 2.59 bits per heavy atom. The number of aliphatic hydroxyl groups is 1. The fourth-order valence-electron chi connectivity index (χ4n) is 2.27. The molecule has 0 bridgehead atoms. The second kappa shape index (κ2) is 8.19. The first-order valence-corrected chi connectivity index (χ1v) is 7.13. The van der Waals surface area contributed by atoms with Gasteiger partial charge in [0.2, 0.25) is 0 Å². The van der Waals surface area contributed by atoms with Gasteiger partial charge >= 0.3 is 5.97 Å². The third-order valence-corrected chi connectivity index (χ3v) is 3.25. The summed E-state index contributed by atoms with van der Waals surface area (Å²) in [4.78, 5) is 20.4. The number of benzene rings is 1. The molecule has 0 radical (unpaired) electrons. The average Bonchev–Trinajstić information content (AvgIpc) is 2.98. The van der Waals surface area contributed by atoms with Crippen LogP contribution in [0.3, 0.4) is 0 Å². The minimum atomic E-state index is -0.945. The zero-order valence-electron chi connectivity index (χ0n) is 12.1. The zero-order valence-corrected chi connectivity index (χ0v) is 12.1. The molecule has 1 fully saturated rings. The lowest BCUT2D eigenvalue weighted by atomic mass is 9.99. The van der Waals surface area contributed by atoms with Gasteiger partial charge in [-0.05, 0) is 18.6 Å². The molecule has 0 atom stereocenters. The minimum absolute atomic E-state index is 0.0581. The quantitative estimate of drug-likeness (QED) is 0.447. The molecular weight excluding hydrogens is 295 g/mol. The molecule has 0 saturated carbocycles. The molecule has 7 heteroatoms. The van der Waals surface area contributed by atoms with E-state index in [1.807, 2.05) is 0 Å². The average molecular weight is 314 g/mol. The summed E-state index contributed by atoms with van der Waals surface area (Å²) in [6, 6.07) is 5.92. The van der Waals surface area contributed by atoms with Gasteiger partial charge in [-0.1, -0.05) is 12.1 Å². The molecule has 0 amide bonds. The van der Waals surface area contributed by atoms with Crippen LogP contribution in [0.4, 0.5) is 4.39 Å². The summed E-state index contributed by atoms with van der Waals surface area (Å²) < 4.78 is 24.4. The number of hydrogen-bond donors (Lipinski definition) is 1. The number of carbonyl (C=O) groups is 1. The maximum absolute atomic E-state index is 13.0. The molecular formula is C15H19FO6. The molecule has 122 valence electrons. The van der Waals surface area contributed by atoms with E-state index in [-0.39, 0.29) is 25.5 Å². The first-order valence-electron chi connectivity index (χ1n) is 7.13. The van der Waals surface area contributed by atoms with Crippen molar-refractivity contribution in [2.75, 3.05) is 26.4 Å². The van der Waals surface area contributed by atoms with Crippen LogP contribution in [0.15, 0.2) is 24.3 Å². The van der Waals surface area contributed by atoms with E-state index >= 15 is 0 Å². The molecule has 0 unspecified atom stereocenters. The smallest absolute Gasteiger partial charge is 0.342 e. The Morgan fingerprint density at radius 2 is 1.95 bits per heavy atom. The number of rotatable bonds is 8. The lowest BCUT2D eigenvalue weighted by Gasteiger charge is -2.27. The van der Waals surface area contributed by atoms with E-state index in [1.165, 1.54) is 12.1 Å². The molecule has 22 heavy (non-hydrogen) atoms. The highest BCUT2D eigenvalue weighted by atomic mass is 19.1. The maximum Gasteiger partial charge on any atom is 0.342 e. The minimum Gasteiger partial charge on any atom is -0.394 e. The van der Waals surface area contributed by atoms with Crippen molar-refractivity contribution in [3.05, 3.63) is 35.6 Å². The maximum atomic E-state index is 13.0. The van der Waals surface area contributed by atoms with E-state index in [2.05, 4.69) is 9.78 Å². The van der Waals surface area contributed by atoms with Crippen molar-refractivity contribution in [1.82, 2.24) is 0 Å². The van der Waals surface area contributed by atoms with E-state index in [1.54, 1.807) is 12.1 Å². The van der Waals surface area contributed by atoms with Gasteiger partial charge in [0.1, 0.15) is 12.4 Å². The molecule has 2 rings (SSSR count). The summed E-state index contributed by atoms with van der Waals surface area (Å²) in [5.74, 6) is -1.80. The summed E-state index contributed by atoms with van der Waals surface area (Å²) >= 11 is 0. The van der Waals surface area contributed by atoms with Gasteiger partial charge < -0.3 is 14.6 Å². The monoisotopic (exact) mass is 314 g/mol. The first kappa shape index (κ1) is 16.8. The summed E-state index contributed by atoms with van der Waals surface area (Å²) in [5, 5.41) is 8.50. The second-order valence-electron chi connectivity index (χ2n) is 4.81. The van der Waals surface area contributed by atoms with Crippen LogP contribution in [0, 0.1) is 5.82 Å². The Labute approximate surface area is 127 Å². The van der Waals surface area contributed by atoms with Crippen LogP contribution in [0.2, 0.25) is 0 Å². The van der Waals surface area contributed by atoms with Crippen LogP contribution in [0.5, 0.6) is 0 Å². The van der Waals surface area contributed by atoms with Gasteiger partial charge in [-0.2, -0.15) is 4.89 Å². The first-order chi connectivity index (χ1) is 10.7. The van der Waals surface area contributed by atoms with Crippen LogP contribution < -0.4 is 0 Å². The van der Waals surface area contributed by atoms with Crippen molar-refractivity contribution in [2.24, 2.45) is 0 Å². The molecule has 6 nitrogen and oxygen atoms in total. The van der Waals surface area contributed by atoms with Gasteiger partial charge in [0, 0.05) is 18.4 Å². The number of hydrogen-bond acceptors (Lipinski definition) is 6. The summed E-state index contributed by atoms with van der Waals surface area (Å²) in [5.41, 5.74) is 0.719. The molecule has 1 heterocycles. The molecule has 0 aliphatic carbocycles. The van der Waals surface area contributed by atoms with Crippen molar-refractivity contribution in [3.8, 4) is 0 Å². The highest BCUT2D eigenvalue weighted by Crippen LogP contribution is 2.36. The summed E-state index contributed by atoms with van der Waals surface area (Å²) in [7, 11) is 0. The Bertz CT molecular complexity index is 469. The largest absolute Gasteiger partial charge is 0.394 e. The third kappa shape index (κ3) is 4.48. The number of aliphatic hydroxyl groups excluding tert-OH is 1. The van der Waals surface area contributed by atoms with Crippen molar-refractivity contribution < 1.29 is 33.5 Å². The van der Waals surface area contributed by atoms with E-state index in [4.69, 9.17) is 14.6 Å². The number of halogens is 1. The Hall–Kier alpha value is -1.54. The van der Waals surface area contributed by atoms with Crippen molar-refractivity contribution in [3.63, 3.8) is 0 Å². The Morgan fingerprint density at radius 1 is 1.27 bits per heavy atom. The van der Waals surface area contributed by atoms with Crippen LogP contribution in [0.1, 0.15) is 24.8 Å². The fraction of sp³-hybridized carbons (Fsp3) is 0.533. The van der Waals surface area contributed by atoms with E-state index in [0.29, 0.717) is 26.1 Å². The summed E-state index contributed by atoms with van der Waals surface area (Å²) in [6.07, 6.45) is 1.02. The van der Waals surface area contributed by atoms with Gasteiger partial charge in [0.15, 0.2) is 5.79 Å². The normalized spacial score (nSPS) is 16.6. The number of carbonyl (C=O) groups excluding carboxylic acids is 1. The topological polar surface area (TPSA) is 74.2 Å². The summed E-state index contributed by atoms with van der Waals surface area (Å²) in [6.45, 7) is 0.614. The molecule has 1 aromatic carbocycles. The van der Waals surface area contributed by atoms with Crippen LogP contribution in [-0.2, 0) is 29.8 Å². The van der Waals surface area contributed by atoms with Crippen LogP contribution in [-0.4, -0.2) is 37.5 Å². The predicted molar refractivity (Wildman–Crippen MR) is 73.0 cm³/mol. The molecule has 0 spiro atoms. The highest BCUT2D eigenvalue weighted by Gasteiger charge is 2.38. The number of ether oxygens (including phenoxy) is 2. The van der Waals surface area contributed by atoms with Gasteiger partial charge in [0.05, 0.1) is 19.8 Å². The van der Waals surface area contributed by atoms with E-state index in [0.717, 1.165) is 5.56 Å². The van der Waals surface area contributed by atoms with E-state index in [9.17, 15) is 9.18 Å². The van der Waals surface area contributed by atoms with Gasteiger partial charge in [-0.25, -0.2) is 9.18 Å². The van der Waals surface area contributed by atoms with Gasteiger partial charge in [-0.15, -0.1) is 0 Å². The van der Waals surface area contributed by atoms with Gasteiger partial charge in [-0.3, -0.25) is 4.89 Å². The van der Waals surface area contributed by atoms with Crippen molar-refractivity contribution in [2.45, 2.75) is 25.0 Å². The zero-order chi connectivity index (χ0) is 15.8. The molecule has 0 aromatic heterocycles. The second-order valence-corrected chi connectivity index (χ2v) is 4.81. The third-order valence-electron chi connectivity index (χ3n) is 3.25. The standard InChI is InChI=1S/C15H19FO6/c16-13-5-3-12(4-6-13)15(19-10-11-20-15)7-1-2-14(18)22-21-9-8-17/h3-6,17H,1-2,7-11H2. The molecule has 1 saturated heterocycles. The van der Waals surface area contributed by atoms with Crippen LogP contribution >= 0.6 is 0 Å². The van der Waals surface area contributed by atoms with Gasteiger partial charge in [0.25, 0.3) is 0 Å². The Balaban J connectivity index is 1.87. The van der Waals surface area contributed by atoms with Crippen LogP contribution in [0.25, 0.3) is 0 Å². The fourth-order valence-corrected chi connectivity index (χ4v) is 2.27. The SMILES string of the molecule is O=C(CCCC1(c2ccc(F)cc2)OCCO1)OOCCO.